The Morgan fingerprint density at radius 3 is 2.33 bits per heavy atom. The molecule has 0 fully saturated rings. The van der Waals surface area contributed by atoms with E-state index in [1.54, 1.807) is 30.5 Å². The largest absolute Gasteiger partial charge is 0.347 e. The smallest absolute Gasteiger partial charge is 0.225 e. The van der Waals surface area contributed by atoms with Gasteiger partial charge in [-0.3, -0.25) is 9.78 Å². The lowest BCUT2D eigenvalue weighted by Gasteiger charge is -2.21. The lowest BCUT2D eigenvalue weighted by molar-refractivity contribution is -0.133. The fourth-order valence-corrected chi connectivity index (χ4v) is 2.26. The molecular formula is C17H24ClN5O. The van der Waals surface area contributed by atoms with E-state index in [4.69, 9.17) is 0 Å². The van der Waals surface area contributed by atoms with Crippen molar-refractivity contribution in [2.75, 3.05) is 26.0 Å². The minimum Gasteiger partial charge on any atom is -0.347 e. The van der Waals surface area contributed by atoms with Gasteiger partial charge < -0.3 is 9.80 Å². The Balaban J connectivity index is 0.00000288. The Labute approximate surface area is 149 Å². The first-order valence-electron chi connectivity index (χ1n) is 7.58. The lowest BCUT2D eigenvalue weighted by atomic mass is 10.1. The maximum Gasteiger partial charge on any atom is 0.225 e. The molecular weight excluding hydrogens is 326 g/mol. The van der Waals surface area contributed by atoms with E-state index in [1.165, 1.54) is 0 Å². The second-order valence-electron chi connectivity index (χ2n) is 6.01. The highest BCUT2D eigenvalue weighted by Crippen LogP contribution is 2.24. The van der Waals surface area contributed by atoms with Crippen molar-refractivity contribution >= 4 is 24.3 Å². The number of nitrogens with zero attached hydrogens (tertiary/aromatic N) is 5. The van der Waals surface area contributed by atoms with E-state index in [1.807, 2.05) is 45.0 Å². The number of carbonyl (C=O) groups is 1. The van der Waals surface area contributed by atoms with Gasteiger partial charge in [0.15, 0.2) is 0 Å². The van der Waals surface area contributed by atoms with Gasteiger partial charge in [0.25, 0.3) is 0 Å². The molecule has 1 amide bonds. The molecule has 0 radical (unpaired) electrons. The molecule has 6 nitrogen and oxygen atoms in total. The second-order valence-corrected chi connectivity index (χ2v) is 6.01. The van der Waals surface area contributed by atoms with Crippen molar-refractivity contribution < 1.29 is 4.79 Å². The number of halogens is 1. The van der Waals surface area contributed by atoms with E-state index in [0.717, 1.165) is 16.8 Å². The predicted molar refractivity (Wildman–Crippen MR) is 98.2 cm³/mol. The fourth-order valence-electron chi connectivity index (χ4n) is 2.26. The summed E-state index contributed by atoms with van der Waals surface area (Å²) in [6, 6.07) is 3.84. The molecule has 2 rings (SSSR count). The summed E-state index contributed by atoms with van der Waals surface area (Å²) in [5.74, 6) is 0.679. The number of amides is 1. The summed E-state index contributed by atoms with van der Waals surface area (Å²) >= 11 is 0. The third-order valence-corrected chi connectivity index (χ3v) is 3.50. The third kappa shape index (κ3) is 4.64. The maximum atomic E-state index is 12.2. The zero-order chi connectivity index (χ0) is 17.0. The van der Waals surface area contributed by atoms with Crippen LogP contribution in [0.25, 0.3) is 11.1 Å². The summed E-state index contributed by atoms with van der Waals surface area (Å²) in [6.07, 6.45) is 5.28. The second kappa shape index (κ2) is 8.59. The van der Waals surface area contributed by atoms with Gasteiger partial charge in [0, 0.05) is 51.2 Å². The molecule has 0 aliphatic heterocycles. The summed E-state index contributed by atoms with van der Waals surface area (Å²) in [6.45, 7) is 4.24. The highest BCUT2D eigenvalue weighted by molar-refractivity contribution is 5.85. The van der Waals surface area contributed by atoms with Crippen molar-refractivity contribution in [2.24, 2.45) is 5.92 Å². The molecule has 2 aromatic heterocycles. The fraction of sp³-hybridized carbons (Fsp3) is 0.412. The van der Waals surface area contributed by atoms with Crippen LogP contribution < -0.4 is 4.90 Å². The van der Waals surface area contributed by atoms with Gasteiger partial charge in [0.1, 0.15) is 0 Å². The van der Waals surface area contributed by atoms with Gasteiger partial charge in [0.2, 0.25) is 11.9 Å². The number of pyridine rings is 1. The zero-order valence-corrected chi connectivity index (χ0v) is 15.5. The van der Waals surface area contributed by atoms with Gasteiger partial charge in [-0.05, 0) is 17.7 Å². The van der Waals surface area contributed by atoms with E-state index in [0.29, 0.717) is 12.5 Å². The van der Waals surface area contributed by atoms with Crippen molar-refractivity contribution in [3.8, 4) is 11.1 Å². The van der Waals surface area contributed by atoms with Crippen LogP contribution in [0.5, 0.6) is 0 Å². The van der Waals surface area contributed by atoms with Crippen LogP contribution in [0.3, 0.4) is 0 Å². The molecule has 130 valence electrons. The first-order valence-corrected chi connectivity index (χ1v) is 7.58. The molecule has 0 saturated heterocycles. The van der Waals surface area contributed by atoms with Gasteiger partial charge >= 0.3 is 0 Å². The van der Waals surface area contributed by atoms with E-state index in [2.05, 4.69) is 15.0 Å². The molecule has 0 atom stereocenters. The van der Waals surface area contributed by atoms with Crippen LogP contribution in [0.4, 0.5) is 5.95 Å². The summed E-state index contributed by atoms with van der Waals surface area (Å²) in [5, 5.41) is 0. The minimum atomic E-state index is -0.0421. The summed E-state index contributed by atoms with van der Waals surface area (Å²) in [4.78, 5) is 28.8. The molecule has 2 heterocycles. The molecule has 2 aromatic rings. The lowest BCUT2D eigenvalue weighted by Crippen LogP contribution is -2.30. The summed E-state index contributed by atoms with van der Waals surface area (Å²) in [5.41, 5.74) is 2.73. The molecule has 24 heavy (non-hydrogen) atoms. The Morgan fingerprint density at radius 2 is 1.79 bits per heavy atom. The average molecular weight is 350 g/mol. The van der Waals surface area contributed by atoms with Crippen LogP contribution in [0, 0.1) is 5.92 Å². The Kier molecular flexibility index (Phi) is 7.10. The molecule has 0 bridgehead atoms. The van der Waals surface area contributed by atoms with Crippen LogP contribution in [-0.2, 0) is 11.3 Å². The highest BCUT2D eigenvalue weighted by atomic mass is 35.5. The summed E-state index contributed by atoms with van der Waals surface area (Å²) in [7, 11) is 5.60. The molecule has 0 aromatic carbocycles. The maximum absolute atomic E-state index is 12.2. The Morgan fingerprint density at radius 1 is 1.17 bits per heavy atom. The van der Waals surface area contributed by atoms with Crippen LogP contribution in [-0.4, -0.2) is 46.9 Å². The molecule has 0 unspecified atom stereocenters. The van der Waals surface area contributed by atoms with Gasteiger partial charge in [-0.25, -0.2) is 9.97 Å². The molecule has 0 saturated carbocycles. The van der Waals surface area contributed by atoms with Crippen molar-refractivity contribution in [1.29, 1.82) is 0 Å². The van der Waals surface area contributed by atoms with Crippen LogP contribution in [0.1, 0.15) is 19.5 Å². The minimum absolute atomic E-state index is 0. The predicted octanol–water partition coefficient (Wildman–Crippen LogP) is 2.64. The first-order chi connectivity index (χ1) is 10.9. The molecule has 0 N–H and O–H groups in total. The first kappa shape index (κ1) is 19.8. The van der Waals surface area contributed by atoms with Gasteiger partial charge in [-0.1, -0.05) is 13.8 Å². The Bertz CT molecular complexity index is 676. The van der Waals surface area contributed by atoms with Crippen LogP contribution >= 0.6 is 12.4 Å². The van der Waals surface area contributed by atoms with Crippen molar-refractivity contribution in [1.82, 2.24) is 19.9 Å². The van der Waals surface area contributed by atoms with Gasteiger partial charge in [-0.15, -0.1) is 12.4 Å². The molecule has 7 heteroatoms. The standard InChI is InChI=1S/C17H23N5O.ClH/c1-12(2)16(23)22(5)11-15-14(13-6-8-18-9-7-13)10-19-17(20-15)21(3)4;/h6-10,12H,11H2,1-5H3;1H. The summed E-state index contributed by atoms with van der Waals surface area (Å²) < 4.78 is 0. The number of hydrogen-bond donors (Lipinski definition) is 0. The van der Waals surface area contributed by atoms with Crippen molar-refractivity contribution in [2.45, 2.75) is 20.4 Å². The number of anilines is 1. The SMILES string of the molecule is CC(C)C(=O)N(C)Cc1nc(N(C)C)ncc1-c1ccncc1.Cl. The van der Waals surface area contributed by atoms with E-state index < -0.39 is 0 Å². The van der Waals surface area contributed by atoms with E-state index >= 15 is 0 Å². The quantitative estimate of drug-likeness (QED) is 0.830. The van der Waals surface area contributed by atoms with Crippen molar-refractivity contribution in [3.63, 3.8) is 0 Å². The Hall–Kier alpha value is -2.21. The van der Waals surface area contributed by atoms with Crippen molar-refractivity contribution in [3.05, 3.63) is 36.4 Å². The molecule has 0 aliphatic rings. The number of aromatic nitrogens is 3. The number of rotatable bonds is 5. The van der Waals surface area contributed by atoms with E-state index in [9.17, 15) is 4.79 Å². The molecule has 0 aliphatic carbocycles. The zero-order valence-electron chi connectivity index (χ0n) is 14.7. The number of carbonyl (C=O) groups excluding carboxylic acids is 1. The number of hydrogen-bond acceptors (Lipinski definition) is 5. The molecule has 0 spiro atoms. The van der Waals surface area contributed by atoms with Crippen LogP contribution in [0.15, 0.2) is 30.7 Å². The average Bonchev–Trinajstić information content (AvgIpc) is 2.54. The highest BCUT2D eigenvalue weighted by Gasteiger charge is 2.17. The van der Waals surface area contributed by atoms with E-state index in [-0.39, 0.29) is 24.2 Å². The van der Waals surface area contributed by atoms with Gasteiger partial charge in [-0.2, -0.15) is 0 Å². The topological polar surface area (TPSA) is 62.2 Å². The third-order valence-electron chi connectivity index (χ3n) is 3.50. The van der Waals surface area contributed by atoms with Gasteiger partial charge in [0.05, 0.1) is 12.2 Å². The monoisotopic (exact) mass is 349 g/mol. The normalized spacial score (nSPS) is 10.2. The van der Waals surface area contributed by atoms with Crippen LogP contribution in [0.2, 0.25) is 0 Å².